The number of methoxy groups -OCH3 is 1. The van der Waals surface area contributed by atoms with Crippen molar-refractivity contribution in [2.24, 2.45) is 5.41 Å². The van der Waals surface area contributed by atoms with Gasteiger partial charge < -0.3 is 4.74 Å². The van der Waals surface area contributed by atoms with E-state index in [4.69, 9.17) is 4.74 Å². The number of benzene rings is 4. The number of thioether (sulfide) groups is 1. The molecular weight excluding hydrogens is 536 g/mol. The number of ether oxygens (including phenoxy) is 1. The van der Waals surface area contributed by atoms with Gasteiger partial charge in [0.15, 0.2) is 5.78 Å². The van der Waals surface area contributed by atoms with Crippen molar-refractivity contribution in [2.75, 3.05) is 12.9 Å². The largest absolute Gasteiger partial charge is 0.497 e. The highest BCUT2D eigenvalue weighted by Crippen LogP contribution is 2.55. The van der Waals surface area contributed by atoms with Crippen LogP contribution in [0.2, 0.25) is 0 Å². The van der Waals surface area contributed by atoms with Crippen LogP contribution in [0, 0.1) is 15.5 Å². The van der Waals surface area contributed by atoms with Gasteiger partial charge in [-0.15, -0.1) is 11.8 Å². The zero-order valence-electron chi connectivity index (χ0n) is 22.0. The summed E-state index contributed by atoms with van der Waals surface area (Å²) >= 11 is 1.42. The normalized spacial score (nSPS) is 17.3. The minimum atomic E-state index is -1.64. The highest BCUT2D eigenvalue weighted by Gasteiger charge is 2.58. The molecule has 1 atom stereocenters. The number of Topliss-reactive ketones (excluding diaryl/α,β-unsaturated/α-hetero) is 1. The number of hydrogen-bond acceptors (Lipinski definition) is 6. The number of carbonyl (C=O) groups is 2. The number of amides is 1. The lowest BCUT2D eigenvalue weighted by molar-refractivity contribution is -0.384. The zero-order chi connectivity index (χ0) is 28.6. The molecule has 8 heteroatoms. The zero-order valence-corrected chi connectivity index (χ0v) is 22.8. The molecule has 41 heavy (non-hydrogen) atoms. The summed E-state index contributed by atoms with van der Waals surface area (Å²) in [7, 11) is 1.57. The number of carbonyl (C=O) groups excluding carboxylic acids is 2. The van der Waals surface area contributed by atoms with Crippen molar-refractivity contribution in [2.45, 2.75) is 4.90 Å². The average Bonchev–Trinajstić information content (AvgIpc) is 3.28. The van der Waals surface area contributed by atoms with Gasteiger partial charge in [-0.1, -0.05) is 54.6 Å². The van der Waals surface area contributed by atoms with E-state index in [0.29, 0.717) is 22.6 Å². The molecule has 1 amide bonds. The Morgan fingerprint density at radius 3 is 2.41 bits per heavy atom. The molecular formula is C33H24N2O5S. The van der Waals surface area contributed by atoms with E-state index in [1.165, 1.54) is 36.0 Å². The maximum atomic E-state index is 14.8. The standard InChI is InChI=1S/C33H24N2O5S/c1-40-26-10-7-9-24(20-26)29-30-28-13-6-5-8-22(28)18-19-34(30)32(37)33(29,21-41-27-11-3-2-4-12-27)31(36)23-14-16-25(17-15-23)35(38)39/h2-20H,21H2,1H3. The monoisotopic (exact) mass is 560 g/mol. The van der Waals surface area contributed by atoms with Crippen LogP contribution in [0.25, 0.3) is 17.3 Å². The molecule has 0 fully saturated rings. The van der Waals surface area contributed by atoms with Gasteiger partial charge in [0.2, 0.25) is 0 Å². The lowest BCUT2D eigenvalue weighted by Crippen LogP contribution is -2.44. The predicted molar refractivity (Wildman–Crippen MR) is 159 cm³/mol. The Labute approximate surface area is 240 Å². The van der Waals surface area contributed by atoms with E-state index >= 15 is 0 Å². The van der Waals surface area contributed by atoms with Gasteiger partial charge in [0, 0.05) is 45.7 Å². The Balaban J connectivity index is 1.63. The minimum absolute atomic E-state index is 0.119. The first-order valence-electron chi connectivity index (χ1n) is 12.9. The molecule has 0 bridgehead atoms. The molecule has 2 aliphatic rings. The second-order valence-corrected chi connectivity index (χ2v) is 10.7. The number of hydrogen-bond donors (Lipinski definition) is 0. The van der Waals surface area contributed by atoms with E-state index in [1.54, 1.807) is 18.2 Å². The van der Waals surface area contributed by atoms with Crippen molar-refractivity contribution in [3.63, 3.8) is 0 Å². The van der Waals surface area contributed by atoms with Crippen molar-refractivity contribution >= 4 is 46.5 Å². The molecule has 0 saturated heterocycles. The number of nitro groups is 1. The van der Waals surface area contributed by atoms with Crippen molar-refractivity contribution in [1.29, 1.82) is 0 Å². The molecule has 0 radical (unpaired) electrons. The SMILES string of the molecule is COc1cccc(C2=C3c4ccccc4C=CN3C(=O)C2(CSc2ccccc2)C(=O)c2ccc([N+](=O)[O-])cc2)c1. The third kappa shape index (κ3) is 4.42. The first-order valence-corrected chi connectivity index (χ1v) is 13.9. The molecule has 2 aliphatic heterocycles. The summed E-state index contributed by atoms with van der Waals surface area (Å²) < 4.78 is 5.54. The maximum Gasteiger partial charge on any atom is 0.269 e. The number of ketones is 1. The van der Waals surface area contributed by atoms with Crippen LogP contribution < -0.4 is 4.74 Å². The summed E-state index contributed by atoms with van der Waals surface area (Å²) in [5, 5.41) is 11.3. The van der Waals surface area contributed by atoms with Crippen molar-refractivity contribution < 1.29 is 19.2 Å². The number of fused-ring (bicyclic) bond motifs is 3. The average molecular weight is 561 g/mol. The summed E-state index contributed by atoms with van der Waals surface area (Å²) in [5.74, 6) is -0.0865. The topological polar surface area (TPSA) is 89.8 Å². The summed E-state index contributed by atoms with van der Waals surface area (Å²) in [6.07, 6.45) is 3.59. The predicted octanol–water partition coefficient (Wildman–Crippen LogP) is 6.96. The van der Waals surface area contributed by atoms with Crippen LogP contribution in [0.5, 0.6) is 5.75 Å². The fourth-order valence-electron chi connectivity index (χ4n) is 5.42. The third-order valence-corrected chi connectivity index (χ3v) is 8.58. The Bertz CT molecular complexity index is 1750. The van der Waals surface area contributed by atoms with Gasteiger partial charge in [-0.05, 0) is 53.6 Å². The summed E-state index contributed by atoms with van der Waals surface area (Å²) in [6.45, 7) is 0. The maximum absolute atomic E-state index is 14.8. The number of nitrogens with zero attached hydrogens (tertiary/aromatic N) is 2. The first kappa shape index (κ1) is 26.3. The minimum Gasteiger partial charge on any atom is -0.497 e. The molecule has 1 unspecified atom stereocenters. The van der Waals surface area contributed by atoms with E-state index in [2.05, 4.69) is 0 Å². The highest BCUT2D eigenvalue weighted by atomic mass is 32.2. The van der Waals surface area contributed by atoms with Gasteiger partial charge in [-0.25, -0.2) is 0 Å². The van der Waals surface area contributed by atoms with Crippen molar-refractivity contribution in [1.82, 2.24) is 4.90 Å². The molecule has 202 valence electrons. The Morgan fingerprint density at radius 2 is 1.68 bits per heavy atom. The van der Waals surface area contributed by atoms with Gasteiger partial charge in [0.05, 0.1) is 17.7 Å². The fraction of sp³-hybridized carbons (Fsp3) is 0.0909. The van der Waals surface area contributed by atoms with Gasteiger partial charge >= 0.3 is 0 Å². The Morgan fingerprint density at radius 1 is 0.951 bits per heavy atom. The Kier molecular flexibility index (Phi) is 6.77. The van der Waals surface area contributed by atoms with Crippen LogP contribution >= 0.6 is 11.8 Å². The van der Waals surface area contributed by atoms with Crippen molar-refractivity contribution in [3.05, 3.63) is 142 Å². The lowest BCUT2D eigenvalue weighted by atomic mass is 9.73. The van der Waals surface area contributed by atoms with Gasteiger partial charge in [0.1, 0.15) is 11.2 Å². The molecule has 0 spiro atoms. The quantitative estimate of drug-likeness (QED) is 0.0761. The van der Waals surface area contributed by atoms with E-state index in [0.717, 1.165) is 16.0 Å². The molecule has 7 nitrogen and oxygen atoms in total. The molecule has 6 rings (SSSR count). The molecule has 4 aromatic rings. The van der Waals surface area contributed by atoms with E-state index in [9.17, 15) is 19.7 Å². The molecule has 0 N–H and O–H groups in total. The van der Waals surface area contributed by atoms with E-state index in [1.807, 2.05) is 84.9 Å². The van der Waals surface area contributed by atoms with Crippen molar-refractivity contribution in [3.8, 4) is 5.75 Å². The molecule has 4 aromatic carbocycles. The molecule has 2 heterocycles. The van der Waals surface area contributed by atoms with Gasteiger partial charge in [-0.3, -0.25) is 24.6 Å². The van der Waals surface area contributed by atoms with Crippen LogP contribution in [-0.2, 0) is 4.79 Å². The summed E-state index contributed by atoms with van der Waals surface area (Å²) in [5.41, 5.74) is 2.12. The number of rotatable bonds is 8. The number of non-ortho nitro benzene ring substituents is 1. The van der Waals surface area contributed by atoms with Crippen LogP contribution in [0.15, 0.2) is 114 Å². The van der Waals surface area contributed by atoms with Crippen LogP contribution in [0.3, 0.4) is 0 Å². The fourth-order valence-corrected chi connectivity index (χ4v) is 6.55. The summed E-state index contributed by atoms with van der Waals surface area (Å²) in [6, 6.07) is 30.2. The van der Waals surface area contributed by atoms with Crippen LogP contribution in [0.1, 0.15) is 27.0 Å². The summed E-state index contributed by atoms with van der Waals surface area (Å²) in [4.78, 5) is 42.7. The molecule has 0 aromatic heterocycles. The molecule has 0 saturated carbocycles. The van der Waals surface area contributed by atoms with E-state index in [-0.39, 0.29) is 22.9 Å². The first-order chi connectivity index (χ1) is 19.9. The second kappa shape index (κ2) is 10.6. The van der Waals surface area contributed by atoms with E-state index < -0.39 is 16.1 Å². The smallest absolute Gasteiger partial charge is 0.269 e. The van der Waals surface area contributed by atoms with Gasteiger partial charge in [-0.2, -0.15) is 0 Å². The lowest BCUT2D eigenvalue weighted by Gasteiger charge is -2.29. The van der Waals surface area contributed by atoms with Crippen LogP contribution in [0.4, 0.5) is 5.69 Å². The van der Waals surface area contributed by atoms with Gasteiger partial charge in [0.25, 0.3) is 11.6 Å². The number of nitro benzene ring substituents is 1. The Hall–Kier alpha value is -4.95. The van der Waals surface area contributed by atoms with Crippen LogP contribution in [-0.4, -0.2) is 34.4 Å². The third-order valence-electron chi connectivity index (χ3n) is 7.39. The molecule has 0 aliphatic carbocycles. The second-order valence-electron chi connectivity index (χ2n) is 9.67. The highest BCUT2D eigenvalue weighted by molar-refractivity contribution is 7.99.